The molecular weight excluding hydrogens is 1040 g/mol. The number of benzene rings is 1. The van der Waals surface area contributed by atoms with Crippen molar-refractivity contribution in [3.8, 4) is 5.75 Å². The monoisotopic (exact) mass is 1110 g/mol. The Morgan fingerprint density at radius 1 is 1.01 bits per heavy atom. The standard InChI is InChI=1S/C53H73ClN8O16/c1-33-12-11-13-41(72-8)53(70)30-40(76-51(69)56-53)34(2)49-52(4,78-49)42(29-47(67)60(6)38-27-36(26-33)28-39(71-7)48(38)54)77-50(68)35(3)59(5)44(64)14-9-10-19-61-31-37(57-58-61)32-75-25-24-74-23-22-73-21-18-55-43(63)17-20-62-45(65)15-16-46(62)66/h11-13,15-16,27-28,31,34-35,40-42,49,70H,9-10,14,17-26,29-30,32H2,1-8H3,(H,55,63)(H,56,69)/b13-11+,33-12+/t34-,35+,40+,41?,42+,49+,52-,53+/m1/s1. The highest BCUT2D eigenvalue weighted by atomic mass is 35.5. The van der Waals surface area contributed by atoms with Crippen LogP contribution in [0.4, 0.5) is 10.5 Å². The Balaban J connectivity index is 0.960. The molecule has 428 valence electrons. The van der Waals surface area contributed by atoms with Crippen LogP contribution in [0, 0.1) is 5.92 Å². The lowest BCUT2D eigenvalue weighted by Crippen LogP contribution is -2.63. The van der Waals surface area contributed by atoms with Crippen LogP contribution >= 0.6 is 11.6 Å². The highest BCUT2D eigenvalue weighted by molar-refractivity contribution is 6.35. The Morgan fingerprint density at radius 2 is 1.72 bits per heavy atom. The number of carbonyl (C=O) groups excluding carboxylic acids is 7. The van der Waals surface area contributed by atoms with Crippen LogP contribution in [0.5, 0.6) is 5.75 Å². The molecule has 0 radical (unpaired) electrons. The van der Waals surface area contributed by atoms with Gasteiger partial charge in [-0.05, 0) is 57.7 Å². The minimum Gasteiger partial charge on any atom is -0.495 e. The molecule has 25 heteroatoms. The van der Waals surface area contributed by atoms with Crippen LogP contribution in [0.15, 0.2) is 54.3 Å². The number of epoxide rings is 1. The van der Waals surface area contributed by atoms with Gasteiger partial charge in [0.05, 0.1) is 71.2 Å². The Hall–Kier alpha value is -6.28. The number of hydrogen-bond donors (Lipinski definition) is 3. The Morgan fingerprint density at radius 3 is 2.42 bits per heavy atom. The van der Waals surface area contributed by atoms with E-state index in [4.69, 9.17) is 49.5 Å². The van der Waals surface area contributed by atoms with Crippen LogP contribution in [0.1, 0.15) is 77.5 Å². The molecule has 4 aliphatic rings. The van der Waals surface area contributed by atoms with Gasteiger partial charge in [-0.25, -0.2) is 9.59 Å². The lowest BCUT2D eigenvalue weighted by molar-refractivity contribution is -0.162. The predicted molar refractivity (Wildman–Crippen MR) is 280 cm³/mol. The summed E-state index contributed by atoms with van der Waals surface area (Å²) in [7, 11) is 5.97. The molecule has 5 heterocycles. The lowest BCUT2D eigenvalue weighted by atomic mass is 9.83. The molecule has 3 N–H and O–H groups in total. The van der Waals surface area contributed by atoms with Crippen molar-refractivity contribution >= 4 is 58.9 Å². The zero-order valence-electron chi connectivity index (χ0n) is 45.5. The number of hydrogen-bond acceptors (Lipinski definition) is 18. The molecule has 24 nitrogen and oxygen atoms in total. The van der Waals surface area contributed by atoms with Gasteiger partial charge in [0.2, 0.25) is 17.7 Å². The van der Waals surface area contributed by atoms with E-state index in [0.29, 0.717) is 69.4 Å². The molecule has 1 aromatic carbocycles. The molecule has 4 bridgehead atoms. The van der Waals surface area contributed by atoms with Crippen molar-refractivity contribution in [2.45, 2.75) is 128 Å². The third kappa shape index (κ3) is 16.2. The minimum atomic E-state index is -1.87. The quantitative estimate of drug-likeness (QED) is 0.0590. The number of imide groups is 1. The van der Waals surface area contributed by atoms with Crippen molar-refractivity contribution in [1.82, 2.24) is 35.4 Å². The van der Waals surface area contributed by atoms with E-state index in [1.807, 2.05) is 13.0 Å². The number of likely N-dealkylation sites (N-methyl/N-ethyl adjacent to an activating group) is 1. The maximum absolute atomic E-state index is 14.3. The number of fused-ring (bicyclic) bond motifs is 5. The maximum Gasteiger partial charge on any atom is 0.409 e. The fourth-order valence-corrected chi connectivity index (χ4v) is 9.60. The number of nitrogens with zero attached hydrogens (tertiary/aromatic N) is 6. The third-order valence-corrected chi connectivity index (χ3v) is 14.5. The van der Waals surface area contributed by atoms with Gasteiger partial charge in [-0.1, -0.05) is 47.5 Å². The van der Waals surface area contributed by atoms with Gasteiger partial charge in [0.25, 0.3) is 11.8 Å². The third-order valence-electron chi connectivity index (χ3n) is 14.2. The normalized spacial score (nSPS) is 25.8. The van der Waals surface area contributed by atoms with Crippen LogP contribution in [-0.2, 0) is 81.5 Å². The molecule has 1 aromatic heterocycles. The van der Waals surface area contributed by atoms with E-state index in [2.05, 4.69) is 20.9 Å². The van der Waals surface area contributed by atoms with Crippen molar-refractivity contribution in [2.75, 3.05) is 79.3 Å². The zero-order valence-corrected chi connectivity index (χ0v) is 46.3. The molecule has 2 aromatic rings. The van der Waals surface area contributed by atoms with Gasteiger partial charge in [0, 0.05) is 78.2 Å². The Labute approximate surface area is 458 Å². The maximum atomic E-state index is 14.3. The number of unbranched alkanes of at least 4 members (excludes halogenated alkanes) is 1. The van der Waals surface area contributed by atoms with Crippen molar-refractivity contribution in [2.24, 2.45) is 5.92 Å². The molecule has 78 heavy (non-hydrogen) atoms. The number of ether oxygens (including phenoxy) is 8. The zero-order chi connectivity index (χ0) is 56.7. The summed E-state index contributed by atoms with van der Waals surface area (Å²) in [5.41, 5.74) is -0.473. The topological polar surface area (TPSA) is 281 Å². The first-order chi connectivity index (χ1) is 37.2. The molecule has 0 spiro atoms. The van der Waals surface area contributed by atoms with Gasteiger partial charge >= 0.3 is 12.1 Å². The van der Waals surface area contributed by atoms with Crippen LogP contribution in [0.2, 0.25) is 5.02 Å². The van der Waals surface area contributed by atoms with Crippen LogP contribution in [0.3, 0.4) is 0 Å². The van der Waals surface area contributed by atoms with Gasteiger partial charge in [0.1, 0.15) is 46.4 Å². The molecule has 0 saturated carbocycles. The number of methoxy groups -OCH3 is 2. The SMILES string of the molecule is COc1cc2cc(c1Cl)N(C)C(=O)C[C@H](OC(=O)[C@H](C)N(C)C(=O)CCCCn1cc(COCCOCCOCCNC(=O)CCN3C(=O)C=CC3=O)nn1)[C@@]1(C)O[C@H]1[C@H](C)[C@@H]1C[C@@](O)(NC(=O)O1)C(OC)/C=C/C=C(\C)C2. The number of aryl methyl sites for hydroxylation is 1. The van der Waals surface area contributed by atoms with Crippen molar-refractivity contribution in [3.63, 3.8) is 0 Å². The first-order valence-electron chi connectivity index (χ1n) is 25.9. The van der Waals surface area contributed by atoms with E-state index in [1.165, 1.54) is 43.2 Å². The van der Waals surface area contributed by atoms with Gasteiger partial charge < -0.3 is 58.1 Å². The largest absolute Gasteiger partial charge is 0.495 e. The van der Waals surface area contributed by atoms with E-state index in [1.54, 1.807) is 63.0 Å². The number of esters is 1. The van der Waals surface area contributed by atoms with E-state index in [-0.39, 0.29) is 68.8 Å². The molecule has 6 amide bonds. The van der Waals surface area contributed by atoms with E-state index < -0.39 is 77.5 Å². The number of aliphatic hydroxyl groups is 1. The summed E-state index contributed by atoms with van der Waals surface area (Å²) in [6, 6.07) is 2.50. The van der Waals surface area contributed by atoms with Gasteiger partial charge in [-0.15, -0.1) is 5.10 Å². The summed E-state index contributed by atoms with van der Waals surface area (Å²) >= 11 is 6.82. The van der Waals surface area contributed by atoms with Crippen LogP contribution in [-0.4, -0.2) is 188 Å². The van der Waals surface area contributed by atoms with E-state index in [9.17, 15) is 38.7 Å². The van der Waals surface area contributed by atoms with Crippen LogP contribution < -0.4 is 20.3 Å². The first kappa shape index (κ1) is 60.9. The molecule has 0 aliphatic carbocycles. The number of halogens is 1. The second-order valence-electron chi connectivity index (χ2n) is 19.9. The molecule has 4 aliphatic heterocycles. The molecule has 2 saturated heterocycles. The molecular formula is C53H73ClN8O16. The molecule has 8 atom stereocenters. The number of alkyl carbamates (subject to hydrolysis) is 1. The van der Waals surface area contributed by atoms with Crippen LogP contribution in [0.25, 0.3) is 0 Å². The highest BCUT2D eigenvalue weighted by Gasteiger charge is 2.64. The highest BCUT2D eigenvalue weighted by Crippen LogP contribution is 2.49. The predicted octanol–water partition coefficient (Wildman–Crippen LogP) is 2.96. The summed E-state index contributed by atoms with van der Waals surface area (Å²) in [5.74, 6) is -2.91. The fourth-order valence-electron chi connectivity index (χ4n) is 9.29. The summed E-state index contributed by atoms with van der Waals surface area (Å²) in [6.45, 7) is 9.46. The van der Waals surface area contributed by atoms with Gasteiger partial charge in [0.15, 0.2) is 5.72 Å². The number of nitrogens with one attached hydrogen (secondary N) is 2. The van der Waals surface area contributed by atoms with E-state index >= 15 is 0 Å². The Kier molecular flexibility index (Phi) is 21.9. The van der Waals surface area contributed by atoms with Gasteiger partial charge in [-0.3, -0.25) is 38.9 Å². The number of aromatic nitrogens is 3. The first-order valence-corrected chi connectivity index (χ1v) is 26.3. The summed E-state index contributed by atoms with van der Waals surface area (Å²) in [4.78, 5) is 93.7. The summed E-state index contributed by atoms with van der Waals surface area (Å²) < 4.78 is 47.8. The van der Waals surface area contributed by atoms with Crippen molar-refractivity contribution in [3.05, 3.63) is 70.6 Å². The molecule has 2 fully saturated rings. The fraction of sp³-hybridized carbons (Fsp3) is 0.604. The van der Waals surface area contributed by atoms with Crippen molar-refractivity contribution in [1.29, 1.82) is 0 Å². The van der Waals surface area contributed by atoms with E-state index in [0.717, 1.165) is 16.0 Å². The Bertz CT molecular complexity index is 2560. The average Bonchev–Trinajstić information content (AvgIpc) is 3.88. The summed E-state index contributed by atoms with van der Waals surface area (Å²) in [6.07, 6.45) is 5.89. The van der Waals surface area contributed by atoms with Gasteiger partial charge in [-0.2, -0.15) is 0 Å². The second kappa shape index (κ2) is 28.0. The summed E-state index contributed by atoms with van der Waals surface area (Å²) in [5, 5.41) is 25.5. The lowest BCUT2D eigenvalue weighted by Gasteiger charge is -2.42. The number of carbonyl (C=O) groups is 7. The van der Waals surface area contributed by atoms with Crippen molar-refractivity contribution < 1.29 is 76.6 Å². The smallest absolute Gasteiger partial charge is 0.409 e. The molecule has 1 unspecified atom stereocenters. The minimum absolute atomic E-state index is 0.00864. The number of amides is 6. The number of rotatable bonds is 24. The second-order valence-corrected chi connectivity index (χ2v) is 20.3. The molecule has 6 rings (SSSR count). The number of allylic oxidation sites excluding steroid dienone is 3. The number of anilines is 1. The average molecular weight is 1110 g/mol.